The van der Waals surface area contributed by atoms with Crippen LogP contribution in [-0.2, 0) is 19.1 Å². The number of ether oxygens (including phenoxy) is 2. The summed E-state index contributed by atoms with van der Waals surface area (Å²) in [5.74, 6) is -0.947. The first-order valence-electron chi connectivity index (χ1n) is 18.2. The van der Waals surface area contributed by atoms with Crippen LogP contribution >= 0.6 is 22.7 Å². The van der Waals surface area contributed by atoms with Gasteiger partial charge in [-0.3, -0.25) is 19.2 Å². The Bertz CT molecular complexity index is 1700. The molecule has 0 spiro atoms. The zero-order chi connectivity index (χ0) is 38.0. The van der Waals surface area contributed by atoms with Crippen molar-refractivity contribution in [3.05, 3.63) is 32.2 Å². The highest BCUT2D eigenvalue weighted by molar-refractivity contribution is 7.10. The van der Waals surface area contributed by atoms with E-state index in [1.807, 2.05) is 55.4 Å². The van der Waals surface area contributed by atoms with Gasteiger partial charge in [-0.2, -0.15) is 0 Å². The maximum atomic E-state index is 13.8. The van der Waals surface area contributed by atoms with E-state index in [1.54, 1.807) is 24.6 Å². The van der Waals surface area contributed by atoms with E-state index in [2.05, 4.69) is 31.2 Å². The number of carbonyl (C=O) groups excluding carboxylic acids is 4. The van der Waals surface area contributed by atoms with Crippen molar-refractivity contribution >= 4 is 58.1 Å². The minimum atomic E-state index is -0.857. The molecule has 4 amide bonds. The van der Waals surface area contributed by atoms with Crippen LogP contribution in [0, 0.1) is 23.7 Å². The Kier molecular flexibility index (Phi) is 12.4. The predicted molar refractivity (Wildman–Crippen MR) is 201 cm³/mol. The zero-order valence-electron chi connectivity index (χ0n) is 31.6. The van der Waals surface area contributed by atoms with Gasteiger partial charge in [0.05, 0.1) is 12.1 Å². The summed E-state index contributed by atoms with van der Waals surface area (Å²) in [6.45, 7) is 19.5. The smallest absolute Gasteiger partial charge is 0.271 e. The monoisotopic (exact) mass is 756 g/mol. The number of aromatic nitrogens is 2. The summed E-state index contributed by atoms with van der Waals surface area (Å²) in [6.07, 6.45) is 0.0707. The molecule has 0 radical (unpaired) electrons. The molecule has 0 saturated carbocycles. The van der Waals surface area contributed by atoms with Crippen LogP contribution in [0.4, 0.5) is 0 Å². The third-order valence-electron chi connectivity index (χ3n) is 9.62. The van der Waals surface area contributed by atoms with E-state index in [9.17, 15) is 19.2 Å². The van der Waals surface area contributed by atoms with Crippen molar-refractivity contribution in [1.29, 1.82) is 0 Å². The van der Waals surface area contributed by atoms with Gasteiger partial charge < -0.3 is 30.7 Å². The number of fused-ring (bicyclic) bond motifs is 6. The number of carbonyl (C=O) groups is 4. The number of hydrogen-bond donors (Lipinski definition) is 4. The van der Waals surface area contributed by atoms with Gasteiger partial charge >= 0.3 is 0 Å². The fourth-order valence-corrected chi connectivity index (χ4v) is 8.36. The quantitative estimate of drug-likeness (QED) is 0.330. The molecule has 4 N–H and O–H groups in total. The van der Waals surface area contributed by atoms with Crippen LogP contribution in [0.5, 0.6) is 0 Å². The molecule has 2 aromatic rings. The summed E-state index contributed by atoms with van der Waals surface area (Å²) in [7, 11) is 0. The summed E-state index contributed by atoms with van der Waals surface area (Å²) in [5, 5.41) is 16.8. The van der Waals surface area contributed by atoms with Gasteiger partial charge in [0, 0.05) is 10.8 Å². The SMILES string of the molecule is CCC(C)[C@@H]1NC(=O)c2csc(n2)[C@@H](C(C)C)NC(=O)[C@H]2N=C(O[C@@H]2C)[C@H](CC(C)C)NC(=O)c2csc(n2)[C@@H](C(C)C)NC(=O)[C@H]2N=C1O[C@@H]2C. The number of amides is 4. The Morgan fingerprint density at radius 1 is 0.673 bits per heavy atom. The van der Waals surface area contributed by atoms with E-state index < -0.39 is 60.3 Å². The van der Waals surface area contributed by atoms with Crippen LogP contribution in [0.3, 0.4) is 0 Å². The highest BCUT2D eigenvalue weighted by Crippen LogP contribution is 2.30. The lowest BCUT2D eigenvalue weighted by Crippen LogP contribution is -2.45. The number of thiazole rings is 2. The van der Waals surface area contributed by atoms with E-state index in [0.29, 0.717) is 22.9 Å². The highest BCUT2D eigenvalue weighted by atomic mass is 32.1. The van der Waals surface area contributed by atoms with Gasteiger partial charge in [-0.1, -0.05) is 61.8 Å². The largest absolute Gasteiger partial charge is 0.474 e. The van der Waals surface area contributed by atoms with Gasteiger partial charge in [0.2, 0.25) is 23.6 Å². The molecular formula is C36H52N8O6S2. The van der Waals surface area contributed by atoms with Gasteiger partial charge in [0.1, 0.15) is 45.7 Å². The molecule has 16 heteroatoms. The Morgan fingerprint density at radius 2 is 1.13 bits per heavy atom. The van der Waals surface area contributed by atoms with Crippen molar-refractivity contribution in [2.45, 2.75) is 131 Å². The molecule has 5 rings (SSSR count). The topological polar surface area (TPSA) is 185 Å². The number of nitrogens with zero attached hydrogens (tertiary/aromatic N) is 4. The summed E-state index contributed by atoms with van der Waals surface area (Å²) >= 11 is 2.57. The molecule has 14 nitrogen and oxygen atoms in total. The summed E-state index contributed by atoms with van der Waals surface area (Å²) in [4.78, 5) is 73.6. The van der Waals surface area contributed by atoms with Crippen LogP contribution in [0.2, 0.25) is 0 Å². The summed E-state index contributed by atoms with van der Waals surface area (Å²) < 4.78 is 12.3. The maximum absolute atomic E-state index is 13.8. The number of nitrogens with one attached hydrogen (secondary N) is 4. The standard InChI is InChI=1S/C36H52N8O6S2/c1-11-18(8)26-34-44-28(20(10)50-34)32(48)41-24(16(4)5)35-38-22(13-51-35)29(45)37-21(12-15(2)3)33-43-27(19(9)49-33)31(47)40-25(17(6)7)36-39-23(14-52-36)30(46)42-26/h13-21,24-28H,11-12H2,1-10H3,(H,37,45)(H,40,47)(H,41,48)(H,42,46)/t18?,19-,20-,21+,24-,25-,26+,27+,28+/m1/s1. The number of aliphatic imine (C=N–C) groups is 2. The van der Waals surface area contributed by atoms with Crippen molar-refractivity contribution < 1.29 is 28.7 Å². The zero-order valence-corrected chi connectivity index (χ0v) is 33.2. The van der Waals surface area contributed by atoms with Gasteiger partial charge in [0.15, 0.2) is 12.1 Å². The second kappa shape index (κ2) is 16.4. The Morgan fingerprint density at radius 3 is 1.60 bits per heavy atom. The molecule has 0 fully saturated rings. The van der Waals surface area contributed by atoms with Gasteiger partial charge in [0.25, 0.3) is 11.8 Å². The number of rotatable bonds is 6. The Labute approximate surface area is 313 Å². The molecule has 52 heavy (non-hydrogen) atoms. The van der Waals surface area contributed by atoms with Gasteiger partial charge in [-0.25, -0.2) is 20.0 Å². The minimum Gasteiger partial charge on any atom is -0.474 e. The first-order valence-corrected chi connectivity index (χ1v) is 20.0. The first kappa shape index (κ1) is 39.3. The van der Waals surface area contributed by atoms with Crippen molar-refractivity contribution in [2.24, 2.45) is 33.7 Å². The third kappa shape index (κ3) is 8.64. The minimum absolute atomic E-state index is 0.0596. The van der Waals surface area contributed by atoms with Crippen LogP contribution in [0.25, 0.3) is 0 Å². The van der Waals surface area contributed by atoms with Gasteiger partial charge in [-0.05, 0) is 43.9 Å². The molecule has 9 atom stereocenters. The Balaban J connectivity index is 1.54. The molecule has 3 aliphatic rings. The fraction of sp³-hybridized carbons (Fsp3) is 0.667. The van der Waals surface area contributed by atoms with Crippen molar-refractivity contribution in [2.75, 3.05) is 0 Å². The second-order valence-electron chi connectivity index (χ2n) is 15.1. The summed E-state index contributed by atoms with van der Waals surface area (Å²) in [6, 6.07) is -3.91. The van der Waals surface area contributed by atoms with E-state index in [0.717, 1.165) is 0 Å². The predicted octanol–water partition coefficient (Wildman–Crippen LogP) is 4.60. The third-order valence-corrected chi connectivity index (χ3v) is 11.5. The van der Waals surface area contributed by atoms with Crippen LogP contribution in [-0.4, -0.2) is 81.8 Å². The lowest BCUT2D eigenvalue weighted by molar-refractivity contribution is -0.125. The molecule has 284 valence electrons. The van der Waals surface area contributed by atoms with E-state index in [-0.39, 0.29) is 58.7 Å². The molecular weight excluding hydrogens is 705 g/mol. The lowest BCUT2D eigenvalue weighted by Gasteiger charge is -2.24. The maximum Gasteiger partial charge on any atom is 0.271 e. The number of hydrogen-bond acceptors (Lipinski definition) is 12. The van der Waals surface area contributed by atoms with Crippen molar-refractivity contribution in [1.82, 2.24) is 31.2 Å². The fourth-order valence-electron chi connectivity index (χ4n) is 6.32. The second-order valence-corrected chi connectivity index (χ2v) is 16.8. The lowest BCUT2D eigenvalue weighted by atomic mass is 9.98. The average Bonchev–Trinajstić information content (AvgIpc) is 3.90. The molecule has 0 aliphatic carbocycles. The molecule has 2 aromatic heterocycles. The average molecular weight is 757 g/mol. The van der Waals surface area contributed by atoms with Crippen LogP contribution in [0.1, 0.15) is 125 Å². The van der Waals surface area contributed by atoms with Gasteiger partial charge in [-0.15, -0.1) is 22.7 Å². The molecule has 1 unspecified atom stereocenters. The van der Waals surface area contributed by atoms with Crippen molar-refractivity contribution in [3.8, 4) is 0 Å². The van der Waals surface area contributed by atoms with E-state index in [4.69, 9.17) is 19.5 Å². The highest BCUT2D eigenvalue weighted by Gasteiger charge is 2.41. The first-order chi connectivity index (χ1) is 24.6. The molecule has 0 saturated heterocycles. The molecule has 8 bridgehead atoms. The van der Waals surface area contributed by atoms with E-state index in [1.165, 1.54) is 22.7 Å². The summed E-state index contributed by atoms with van der Waals surface area (Å²) in [5.41, 5.74) is 0.410. The normalized spacial score (nSPS) is 29.3. The molecule has 5 heterocycles. The van der Waals surface area contributed by atoms with Crippen LogP contribution < -0.4 is 21.3 Å². The van der Waals surface area contributed by atoms with Crippen LogP contribution in [0.15, 0.2) is 20.7 Å². The molecule has 0 aromatic carbocycles. The van der Waals surface area contributed by atoms with E-state index >= 15 is 0 Å². The Hall–Kier alpha value is -3.92. The molecule has 3 aliphatic heterocycles. The van der Waals surface area contributed by atoms with Crippen molar-refractivity contribution in [3.63, 3.8) is 0 Å².